The number of halogens is 2. The predicted molar refractivity (Wildman–Crippen MR) is 71.9 cm³/mol. The molecular formula is C12H13Cl2N3. The van der Waals surface area contributed by atoms with Crippen molar-refractivity contribution in [3.8, 4) is 0 Å². The third-order valence-corrected chi connectivity index (χ3v) is 3.16. The Hall–Kier alpha value is -1.19. The molecule has 90 valence electrons. The van der Waals surface area contributed by atoms with Gasteiger partial charge in [0.15, 0.2) is 0 Å². The molecule has 0 fully saturated rings. The van der Waals surface area contributed by atoms with Crippen LogP contribution in [-0.2, 0) is 13.5 Å². The third kappa shape index (κ3) is 2.93. The maximum atomic E-state index is 6.05. The van der Waals surface area contributed by atoms with Gasteiger partial charge in [-0.25, -0.2) is 4.98 Å². The number of para-hydroxylation sites is 1. The van der Waals surface area contributed by atoms with Gasteiger partial charge in [-0.3, -0.25) is 0 Å². The molecule has 0 radical (unpaired) electrons. The second-order valence-corrected chi connectivity index (χ2v) is 4.54. The summed E-state index contributed by atoms with van der Waals surface area (Å²) in [5.74, 6) is 1.03. The molecule has 0 unspecified atom stereocenters. The van der Waals surface area contributed by atoms with Gasteiger partial charge in [-0.05, 0) is 12.1 Å². The van der Waals surface area contributed by atoms with Gasteiger partial charge in [0.2, 0.25) is 0 Å². The molecule has 0 spiro atoms. The molecule has 2 rings (SSSR count). The van der Waals surface area contributed by atoms with Gasteiger partial charge in [-0.2, -0.15) is 0 Å². The quantitative estimate of drug-likeness (QED) is 0.923. The van der Waals surface area contributed by atoms with Crippen LogP contribution in [0.4, 0.5) is 5.69 Å². The van der Waals surface area contributed by atoms with E-state index in [0.717, 1.165) is 24.5 Å². The summed E-state index contributed by atoms with van der Waals surface area (Å²) in [4.78, 5) is 4.25. The fourth-order valence-corrected chi connectivity index (χ4v) is 2.13. The molecule has 1 aromatic heterocycles. The van der Waals surface area contributed by atoms with Gasteiger partial charge in [0.1, 0.15) is 5.82 Å². The molecule has 0 atom stereocenters. The van der Waals surface area contributed by atoms with E-state index in [2.05, 4.69) is 10.3 Å². The number of rotatable bonds is 4. The highest BCUT2D eigenvalue weighted by atomic mass is 35.5. The van der Waals surface area contributed by atoms with Crippen molar-refractivity contribution in [2.45, 2.75) is 6.42 Å². The summed E-state index contributed by atoms with van der Waals surface area (Å²) < 4.78 is 2.00. The van der Waals surface area contributed by atoms with Gasteiger partial charge < -0.3 is 9.88 Å². The zero-order chi connectivity index (χ0) is 12.3. The van der Waals surface area contributed by atoms with E-state index in [0.29, 0.717) is 10.0 Å². The number of hydrogen-bond donors (Lipinski definition) is 1. The highest BCUT2D eigenvalue weighted by molar-refractivity contribution is 6.39. The Morgan fingerprint density at radius 2 is 2.00 bits per heavy atom. The lowest BCUT2D eigenvalue weighted by molar-refractivity contribution is 0.790. The highest BCUT2D eigenvalue weighted by Gasteiger charge is 2.05. The highest BCUT2D eigenvalue weighted by Crippen LogP contribution is 2.29. The second-order valence-electron chi connectivity index (χ2n) is 3.73. The summed E-state index contributed by atoms with van der Waals surface area (Å²) in [5.41, 5.74) is 0.782. The van der Waals surface area contributed by atoms with Crippen molar-refractivity contribution in [3.05, 3.63) is 46.5 Å². The Labute approximate surface area is 110 Å². The Balaban J connectivity index is 1.97. The number of imidazole rings is 1. The molecule has 0 aliphatic rings. The Morgan fingerprint density at radius 1 is 1.29 bits per heavy atom. The molecule has 17 heavy (non-hydrogen) atoms. The van der Waals surface area contributed by atoms with E-state index in [1.807, 2.05) is 36.0 Å². The molecule has 2 aromatic rings. The number of anilines is 1. The van der Waals surface area contributed by atoms with Crippen LogP contribution in [0.25, 0.3) is 0 Å². The molecular weight excluding hydrogens is 257 g/mol. The van der Waals surface area contributed by atoms with Gasteiger partial charge >= 0.3 is 0 Å². The minimum atomic E-state index is 0.636. The average molecular weight is 270 g/mol. The van der Waals surface area contributed by atoms with Crippen molar-refractivity contribution in [2.24, 2.45) is 7.05 Å². The summed E-state index contributed by atoms with van der Waals surface area (Å²) in [7, 11) is 1.98. The smallest absolute Gasteiger partial charge is 0.110 e. The molecule has 1 heterocycles. The van der Waals surface area contributed by atoms with Crippen molar-refractivity contribution >= 4 is 28.9 Å². The lowest BCUT2D eigenvalue weighted by Gasteiger charge is -2.09. The topological polar surface area (TPSA) is 29.9 Å². The van der Waals surface area contributed by atoms with Crippen LogP contribution in [0.2, 0.25) is 10.0 Å². The van der Waals surface area contributed by atoms with Crippen LogP contribution in [0.3, 0.4) is 0 Å². The fraction of sp³-hybridized carbons (Fsp3) is 0.250. The summed E-state index contributed by atoms with van der Waals surface area (Å²) in [5, 5.41) is 4.50. The molecule has 0 aliphatic carbocycles. The monoisotopic (exact) mass is 269 g/mol. The molecule has 3 nitrogen and oxygen atoms in total. The van der Waals surface area contributed by atoms with Gasteiger partial charge in [0.25, 0.3) is 0 Å². The van der Waals surface area contributed by atoms with Crippen LogP contribution in [0.15, 0.2) is 30.6 Å². The first-order valence-corrected chi connectivity index (χ1v) is 6.08. The minimum Gasteiger partial charge on any atom is -0.382 e. The van der Waals surface area contributed by atoms with E-state index in [4.69, 9.17) is 23.2 Å². The first-order valence-electron chi connectivity index (χ1n) is 5.32. The van der Waals surface area contributed by atoms with Gasteiger partial charge in [-0.1, -0.05) is 29.3 Å². The molecule has 0 saturated heterocycles. The number of aromatic nitrogens is 2. The Kier molecular flexibility index (Phi) is 3.92. The fourth-order valence-electron chi connectivity index (χ4n) is 1.60. The van der Waals surface area contributed by atoms with E-state index < -0.39 is 0 Å². The van der Waals surface area contributed by atoms with Crippen molar-refractivity contribution in [2.75, 3.05) is 11.9 Å². The zero-order valence-corrected chi connectivity index (χ0v) is 11.0. The first-order chi connectivity index (χ1) is 8.18. The van der Waals surface area contributed by atoms with Crippen molar-refractivity contribution in [1.82, 2.24) is 9.55 Å². The van der Waals surface area contributed by atoms with Crippen molar-refractivity contribution < 1.29 is 0 Å². The van der Waals surface area contributed by atoms with Crippen LogP contribution < -0.4 is 5.32 Å². The largest absolute Gasteiger partial charge is 0.382 e. The molecule has 1 N–H and O–H groups in total. The zero-order valence-electron chi connectivity index (χ0n) is 9.45. The van der Waals surface area contributed by atoms with Crippen LogP contribution in [0, 0.1) is 0 Å². The van der Waals surface area contributed by atoms with Crippen LogP contribution in [-0.4, -0.2) is 16.1 Å². The molecule has 5 heteroatoms. The van der Waals surface area contributed by atoms with E-state index >= 15 is 0 Å². The molecule has 0 bridgehead atoms. The molecule has 0 aliphatic heterocycles. The average Bonchev–Trinajstić information content (AvgIpc) is 2.69. The van der Waals surface area contributed by atoms with Crippen LogP contribution in [0.1, 0.15) is 5.82 Å². The molecule has 1 aromatic carbocycles. The molecule has 0 amide bonds. The van der Waals surface area contributed by atoms with Gasteiger partial charge in [-0.15, -0.1) is 0 Å². The van der Waals surface area contributed by atoms with E-state index in [9.17, 15) is 0 Å². The van der Waals surface area contributed by atoms with E-state index in [1.54, 1.807) is 6.20 Å². The third-order valence-electron chi connectivity index (χ3n) is 2.53. The van der Waals surface area contributed by atoms with Gasteiger partial charge in [0, 0.05) is 32.4 Å². The van der Waals surface area contributed by atoms with E-state index in [-0.39, 0.29) is 0 Å². The SMILES string of the molecule is Cn1ccnc1CCNc1c(Cl)cccc1Cl. The predicted octanol–water partition coefficient (Wildman–Crippen LogP) is 3.38. The summed E-state index contributed by atoms with van der Waals surface area (Å²) in [6.07, 6.45) is 4.54. The normalized spacial score (nSPS) is 10.5. The van der Waals surface area contributed by atoms with E-state index in [1.165, 1.54) is 0 Å². The number of aryl methyl sites for hydroxylation is 1. The van der Waals surface area contributed by atoms with Crippen LogP contribution in [0.5, 0.6) is 0 Å². The standard InChI is InChI=1S/C12H13Cl2N3/c1-17-8-7-15-11(17)5-6-16-12-9(13)3-2-4-10(12)14/h2-4,7-8,16H,5-6H2,1H3. The summed E-state index contributed by atoms with van der Waals surface area (Å²) in [6.45, 7) is 0.744. The maximum Gasteiger partial charge on any atom is 0.110 e. The second kappa shape index (κ2) is 5.43. The van der Waals surface area contributed by atoms with Crippen molar-refractivity contribution in [1.29, 1.82) is 0 Å². The number of benzene rings is 1. The summed E-state index contributed by atoms with van der Waals surface area (Å²) in [6, 6.07) is 5.46. The number of nitrogens with one attached hydrogen (secondary N) is 1. The lowest BCUT2D eigenvalue weighted by Crippen LogP contribution is -2.09. The number of nitrogens with zero attached hydrogens (tertiary/aromatic N) is 2. The number of hydrogen-bond acceptors (Lipinski definition) is 2. The summed E-state index contributed by atoms with van der Waals surface area (Å²) >= 11 is 12.1. The lowest BCUT2D eigenvalue weighted by atomic mass is 10.3. The van der Waals surface area contributed by atoms with Gasteiger partial charge in [0.05, 0.1) is 15.7 Å². The minimum absolute atomic E-state index is 0.636. The Bertz CT molecular complexity index is 488. The molecule has 0 saturated carbocycles. The first kappa shape index (κ1) is 12.3. The maximum absolute atomic E-state index is 6.05. The van der Waals surface area contributed by atoms with Crippen molar-refractivity contribution in [3.63, 3.8) is 0 Å². The van der Waals surface area contributed by atoms with Crippen LogP contribution >= 0.6 is 23.2 Å². The Morgan fingerprint density at radius 3 is 2.59 bits per heavy atom.